The van der Waals surface area contributed by atoms with Crippen molar-refractivity contribution in [2.75, 3.05) is 26.3 Å². The maximum atomic E-state index is 6.48. The lowest BCUT2D eigenvalue weighted by atomic mass is 10.0. The molecule has 2 aromatic carbocycles. The van der Waals surface area contributed by atoms with Gasteiger partial charge in [0.1, 0.15) is 6.10 Å². The van der Waals surface area contributed by atoms with E-state index in [1.807, 2.05) is 36.4 Å². The summed E-state index contributed by atoms with van der Waals surface area (Å²) in [6.45, 7) is 5.19. The van der Waals surface area contributed by atoms with Gasteiger partial charge in [0.25, 0.3) is 0 Å². The molecule has 1 saturated heterocycles. The van der Waals surface area contributed by atoms with Gasteiger partial charge in [-0.05, 0) is 52.8 Å². The fourth-order valence-corrected chi connectivity index (χ4v) is 3.70. The molecule has 1 fully saturated rings. The quantitative estimate of drug-likeness (QED) is 0.421. The Morgan fingerprint density at radius 1 is 1.23 bits per heavy atom. The van der Waals surface area contributed by atoms with Crippen LogP contribution >= 0.6 is 32.0 Å². The van der Waals surface area contributed by atoms with Crippen LogP contribution in [0.2, 0.25) is 0 Å². The van der Waals surface area contributed by atoms with Gasteiger partial charge in [0.15, 0.2) is 17.6 Å². The number of rotatable bonds is 7. The van der Waals surface area contributed by atoms with Gasteiger partial charge in [0.2, 0.25) is 0 Å². The number of ether oxygens (including phenoxy) is 3. The Morgan fingerprint density at radius 2 is 2.04 bits per heavy atom. The second kappa shape index (κ2) is 9.88. The van der Waals surface area contributed by atoms with Crippen molar-refractivity contribution in [2.24, 2.45) is 0 Å². The molecule has 140 valence electrons. The second-order valence-corrected chi connectivity index (χ2v) is 8.27. The van der Waals surface area contributed by atoms with E-state index in [0.717, 1.165) is 40.1 Å². The Bertz CT molecular complexity index is 701. The summed E-state index contributed by atoms with van der Waals surface area (Å²) in [5, 5.41) is 0. The average Bonchev–Trinajstić information content (AvgIpc) is 2.66. The Hall–Kier alpha value is -0.880. The predicted molar refractivity (Wildman–Crippen MR) is 116 cm³/mol. The maximum absolute atomic E-state index is 6.48. The number of halogens is 1. The summed E-state index contributed by atoms with van der Waals surface area (Å²) < 4.78 is 21.8. The van der Waals surface area contributed by atoms with E-state index in [1.54, 1.807) is 0 Å². The van der Waals surface area contributed by atoms with Crippen LogP contribution < -0.4 is 9.47 Å². The number of benzene rings is 2. The van der Waals surface area contributed by atoms with Crippen LogP contribution in [0.15, 0.2) is 48.5 Å². The molecule has 2 aromatic rings. The van der Waals surface area contributed by atoms with Gasteiger partial charge in [0, 0.05) is 16.7 Å². The van der Waals surface area contributed by atoms with Gasteiger partial charge in [-0.1, -0.05) is 46.6 Å². The van der Waals surface area contributed by atoms with Crippen molar-refractivity contribution in [3.63, 3.8) is 0 Å². The summed E-state index contributed by atoms with van der Waals surface area (Å²) in [6.07, 6.45) is 0.728. The van der Waals surface area contributed by atoms with E-state index in [1.165, 1.54) is 0 Å². The van der Waals surface area contributed by atoms with Crippen LogP contribution in [0.3, 0.4) is 0 Å². The minimum Gasteiger partial charge on any atom is -0.490 e. The molecule has 3 rings (SSSR count). The van der Waals surface area contributed by atoms with Gasteiger partial charge in [0.05, 0.1) is 13.2 Å². The molecule has 1 aliphatic rings. The highest BCUT2D eigenvalue weighted by Crippen LogP contribution is 2.35. The molecule has 0 spiro atoms. The number of morpholine rings is 1. The minimum absolute atomic E-state index is 0.0399. The molecule has 0 amide bonds. The first-order valence-electron chi connectivity index (χ1n) is 8.92. The van der Waals surface area contributed by atoms with Gasteiger partial charge in [-0.2, -0.15) is 0 Å². The van der Waals surface area contributed by atoms with Crippen LogP contribution in [0.5, 0.6) is 11.5 Å². The fraction of sp³-hybridized carbons (Fsp3) is 0.400. The first-order valence-corrected chi connectivity index (χ1v) is 10.5. The molecule has 6 heteroatoms. The van der Waals surface area contributed by atoms with Crippen LogP contribution in [0, 0.1) is 3.57 Å². The first-order chi connectivity index (χ1) is 12.7. The lowest BCUT2D eigenvalue weighted by Crippen LogP contribution is -2.42. The van der Waals surface area contributed by atoms with Crippen molar-refractivity contribution in [3.05, 3.63) is 57.7 Å². The molecule has 2 unspecified atom stereocenters. The molecule has 26 heavy (non-hydrogen) atoms. The lowest BCUT2D eigenvalue weighted by Gasteiger charge is -2.35. The van der Waals surface area contributed by atoms with Crippen molar-refractivity contribution in [1.29, 1.82) is 0 Å². The van der Waals surface area contributed by atoms with E-state index in [2.05, 4.69) is 55.7 Å². The number of hydrogen-bond acceptors (Lipinski definition) is 4. The second-order valence-electron chi connectivity index (χ2n) is 6.29. The summed E-state index contributed by atoms with van der Waals surface area (Å²) in [6, 6.07) is 16.3. The minimum atomic E-state index is -0.191. The van der Waals surface area contributed by atoms with Crippen molar-refractivity contribution in [3.8, 4) is 11.5 Å². The molecule has 0 bridgehead atoms. The van der Waals surface area contributed by atoms with Crippen molar-refractivity contribution in [1.82, 2.24) is 4.67 Å². The van der Waals surface area contributed by atoms with Crippen LogP contribution in [-0.2, 0) is 4.74 Å². The zero-order valence-electron chi connectivity index (χ0n) is 14.9. The van der Waals surface area contributed by atoms with Crippen LogP contribution in [0.1, 0.15) is 25.0 Å². The van der Waals surface area contributed by atoms with E-state index in [9.17, 15) is 0 Å². The van der Waals surface area contributed by atoms with Gasteiger partial charge >= 0.3 is 0 Å². The van der Waals surface area contributed by atoms with E-state index >= 15 is 0 Å². The van der Waals surface area contributed by atoms with Crippen molar-refractivity contribution in [2.45, 2.75) is 25.6 Å². The van der Waals surface area contributed by atoms with E-state index < -0.39 is 0 Å². The van der Waals surface area contributed by atoms with E-state index in [4.69, 9.17) is 14.2 Å². The Labute approximate surface area is 171 Å². The Balaban J connectivity index is 1.88. The molecule has 0 N–H and O–H groups in total. The van der Waals surface area contributed by atoms with E-state index in [0.29, 0.717) is 13.2 Å². The summed E-state index contributed by atoms with van der Waals surface area (Å²) in [4.78, 5) is 0. The van der Waals surface area contributed by atoms with Crippen LogP contribution in [0.4, 0.5) is 0 Å². The molecule has 0 radical (unpaired) electrons. The fourth-order valence-electron chi connectivity index (χ4n) is 2.92. The molecule has 1 aliphatic heterocycles. The normalized spacial score (nSPS) is 19.1. The predicted octanol–water partition coefficient (Wildman–Crippen LogP) is 4.69. The largest absolute Gasteiger partial charge is 0.490 e. The highest BCUT2D eigenvalue weighted by Gasteiger charge is 2.30. The zero-order chi connectivity index (χ0) is 18.4. The monoisotopic (exact) mass is 485 g/mol. The summed E-state index contributed by atoms with van der Waals surface area (Å²) in [5.74, 6) is 1.55. The smallest absolute Gasteiger partial charge is 0.162 e. The molecular formula is C20H25INO3P. The van der Waals surface area contributed by atoms with Crippen molar-refractivity contribution < 1.29 is 14.2 Å². The third-order valence-corrected chi connectivity index (χ3v) is 5.35. The molecule has 1 heterocycles. The van der Waals surface area contributed by atoms with Gasteiger partial charge in [-0.15, -0.1) is 0 Å². The third-order valence-electron chi connectivity index (χ3n) is 4.21. The van der Waals surface area contributed by atoms with Crippen LogP contribution in [0.25, 0.3) is 0 Å². The summed E-state index contributed by atoms with van der Waals surface area (Å²) >= 11 is 2.30. The molecule has 0 saturated carbocycles. The number of nitrogens with zero attached hydrogens (tertiary/aromatic N) is 1. The number of hydrogen-bond donors (Lipinski definition) is 0. The molecule has 0 aromatic heterocycles. The van der Waals surface area contributed by atoms with Gasteiger partial charge in [-0.25, -0.2) is 0 Å². The molecule has 0 aliphatic carbocycles. The highest BCUT2D eigenvalue weighted by atomic mass is 127. The SMILES string of the molecule is CCCOc1cc(I)ccc1O[C@@H](c1ccccc1)C1CN(P)CCO1. The Kier molecular flexibility index (Phi) is 7.55. The molecular weight excluding hydrogens is 460 g/mol. The molecule has 3 atom stereocenters. The standard InChI is InChI=1S/C20H25INO3P/c1-2-11-23-18-13-16(21)8-9-17(18)25-20(15-6-4-3-5-7-15)19-14-22(26)10-12-24-19/h3-9,13,19-20H,2,10-12,14,26H2,1H3/t19?,20-/m0/s1. The third kappa shape index (κ3) is 5.32. The maximum Gasteiger partial charge on any atom is 0.162 e. The summed E-state index contributed by atoms with van der Waals surface area (Å²) in [5.41, 5.74) is 1.11. The lowest BCUT2D eigenvalue weighted by molar-refractivity contribution is -0.0624. The van der Waals surface area contributed by atoms with E-state index in [-0.39, 0.29) is 12.2 Å². The van der Waals surface area contributed by atoms with Crippen molar-refractivity contribution >= 4 is 32.0 Å². The molecule has 4 nitrogen and oxygen atoms in total. The van der Waals surface area contributed by atoms with Gasteiger partial charge < -0.3 is 14.2 Å². The summed E-state index contributed by atoms with van der Waals surface area (Å²) in [7, 11) is 2.77. The topological polar surface area (TPSA) is 30.9 Å². The van der Waals surface area contributed by atoms with Gasteiger partial charge in [-0.3, -0.25) is 4.67 Å². The Morgan fingerprint density at radius 3 is 2.77 bits per heavy atom. The highest BCUT2D eigenvalue weighted by molar-refractivity contribution is 14.1. The average molecular weight is 485 g/mol. The zero-order valence-corrected chi connectivity index (χ0v) is 18.2. The van der Waals surface area contributed by atoms with Crippen LogP contribution in [-0.4, -0.2) is 37.1 Å². The first kappa shape index (κ1) is 19.9.